The molecule has 1 unspecified atom stereocenters. The predicted octanol–water partition coefficient (Wildman–Crippen LogP) is 4.57. The van der Waals surface area contributed by atoms with Crippen molar-refractivity contribution in [2.75, 3.05) is 6.54 Å². The molecule has 2 aromatic heterocycles. The molecule has 0 aromatic carbocycles. The molecule has 1 amide bonds. The second-order valence-corrected chi connectivity index (χ2v) is 8.35. The zero-order valence-electron chi connectivity index (χ0n) is 14.0. The van der Waals surface area contributed by atoms with Crippen LogP contribution in [0.4, 0.5) is 0 Å². The highest BCUT2D eigenvalue weighted by Crippen LogP contribution is 2.24. The van der Waals surface area contributed by atoms with E-state index < -0.39 is 0 Å². The second kappa shape index (κ2) is 8.08. The molecule has 1 aliphatic heterocycles. The summed E-state index contributed by atoms with van der Waals surface area (Å²) < 4.78 is 0. The van der Waals surface area contributed by atoms with Crippen LogP contribution in [-0.4, -0.2) is 29.2 Å². The molecular formula is C19H23NO2S2. The normalized spacial score (nSPS) is 17.9. The molecule has 3 nitrogen and oxygen atoms in total. The average Bonchev–Trinajstić information content (AvgIpc) is 3.25. The van der Waals surface area contributed by atoms with Crippen molar-refractivity contribution in [3.63, 3.8) is 0 Å². The van der Waals surface area contributed by atoms with Gasteiger partial charge in [0.1, 0.15) is 0 Å². The van der Waals surface area contributed by atoms with Crippen molar-refractivity contribution in [1.82, 2.24) is 4.90 Å². The minimum absolute atomic E-state index is 0.0745. The Kier molecular flexibility index (Phi) is 5.85. The number of nitrogens with zero attached hydrogens (tertiary/aromatic N) is 1. The summed E-state index contributed by atoms with van der Waals surface area (Å²) in [6, 6.07) is 6.50. The summed E-state index contributed by atoms with van der Waals surface area (Å²) >= 11 is 3.23. The minimum atomic E-state index is 0.0745. The molecule has 1 aliphatic rings. The Balaban J connectivity index is 1.60. The number of carbonyl (C=O) groups is 2. The van der Waals surface area contributed by atoms with E-state index in [1.807, 2.05) is 11.4 Å². The SMILES string of the molecule is CC(=O)c1cc(CC(=O)N2CCCCC2CCc2cccs2)cs1. The number of rotatable bonds is 6. The van der Waals surface area contributed by atoms with Crippen LogP contribution in [0.5, 0.6) is 0 Å². The van der Waals surface area contributed by atoms with E-state index in [2.05, 4.69) is 22.4 Å². The largest absolute Gasteiger partial charge is 0.339 e. The zero-order valence-corrected chi connectivity index (χ0v) is 15.6. The van der Waals surface area contributed by atoms with Crippen LogP contribution in [0.1, 0.15) is 52.7 Å². The molecule has 0 N–H and O–H groups in total. The fourth-order valence-corrected chi connectivity index (χ4v) is 4.86. The number of ketones is 1. The lowest BCUT2D eigenvalue weighted by molar-refractivity contribution is -0.134. The van der Waals surface area contributed by atoms with E-state index in [0.717, 1.165) is 42.7 Å². The van der Waals surface area contributed by atoms with Gasteiger partial charge in [0.05, 0.1) is 11.3 Å². The molecule has 0 radical (unpaired) electrons. The number of thiophene rings is 2. The first kappa shape index (κ1) is 17.4. The van der Waals surface area contributed by atoms with E-state index in [0.29, 0.717) is 12.5 Å². The molecule has 0 saturated carbocycles. The fraction of sp³-hybridized carbons (Fsp3) is 0.474. The molecule has 2 aromatic rings. The average molecular weight is 362 g/mol. The van der Waals surface area contributed by atoms with Crippen LogP contribution in [-0.2, 0) is 17.6 Å². The second-order valence-electron chi connectivity index (χ2n) is 6.41. The smallest absolute Gasteiger partial charge is 0.227 e. The molecule has 0 bridgehead atoms. The lowest BCUT2D eigenvalue weighted by Crippen LogP contribution is -2.44. The number of aryl methyl sites for hydroxylation is 1. The predicted molar refractivity (Wildman–Crippen MR) is 100 cm³/mol. The first-order valence-corrected chi connectivity index (χ1v) is 10.3. The maximum Gasteiger partial charge on any atom is 0.227 e. The van der Waals surface area contributed by atoms with Crippen LogP contribution in [0, 0.1) is 0 Å². The topological polar surface area (TPSA) is 37.4 Å². The van der Waals surface area contributed by atoms with E-state index in [1.165, 1.54) is 22.6 Å². The summed E-state index contributed by atoms with van der Waals surface area (Å²) in [5, 5.41) is 4.06. The number of hydrogen-bond acceptors (Lipinski definition) is 4. The Hall–Kier alpha value is -1.46. The third-order valence-electron chi connectivity index (χ3n) is 4.61. The summed E-state index contributed by atoms with van der Waals surface area (Å²) in [6.07, 6.45) is 5.95. The van der Waals surface area contributed by atoms with Gasteiger partial charge in [-0.3, -0.25) is 9.59 Å². The third kappa shape index (κ3) is 4.33. The number of hydrogen-bond donors (Lipinski definition) is 0. The molecule has 24 heavy (non-hydrogen) atoms. The van der Waals surface area contributed by atoms with E-state index >= 15 is 0 Å². The molecule has 1 saturated heterocycles. The molecule has 128 valence electrons. The molecule has 5 heteroatoms. The van der Waals surface area contributed by atoms with E-state index in [1.54, 1.807) is 18.3 Å². The quantitative estimate of drug-likeness (QED) is 0.707. The molecule has 0 spiro atoms. The Labute approximate surface area is 151 Å². The number of amides is 1. The van der Waals surface area contributed by atoms with E-state index in [9.17, 15) is 9.59 Å². The number of Topliss-reactive ketones (excluding diaryl/α,β-unsaturated/α-hetero) is 1. The number of carbonyl (C=O) groups excluding carboxylic acids is 2. The summed E-state index contributed by atoms with van der Waals surface area (Å²) in [6.45, 7) is 2.44. The maximum atomic E-state index is 12.8. The van der Waals surface area contributed by atoms with Gasteiger partial charge in [-0.15, -0.1) is 22.7 Å². The van der Waals surface area contributed by atoms with Crippen molar-refractivity contribution in [2.45, 2.75) is 51.5 Å². The standard InChI is InChI=1S/C19H23NO2S2/c1-14(21)18-11-15(13-24-18)12-19(22)20-9-3-2-5-16(20)7-8-17-6-4-10-23-17/h4,6,10-11,13,16H,2-3,5,7-9,12H2,1H3. The van der Waals surface area contributed by atoms with Crippen molar-refractivity contribution in [3.05, 3.63) is 44.3 Å². The van der Waals surface area contributed by atoms with Gasteiger partial charge in [0, 0.05) is 17.5 Å². The van der Waals surface area contributed by atoms with Crippen LogP contribution in [0.2, 0.25) is 0 Å². The monoisotopic (exact) mass is 361 g/mol. The van der Waals surface area contributed by atoms with Crippen molar-refractivity contribution in [2.24, 2.45) is 0 Å². The van der Waals surface area contributed by atoms with Crippen molar-refractivity contribution in [1.29, 1.82) is 0 Å². The summed E-state index contributed by atoms with van der Waals surface area (Å²) in [5.41, 5.74) is 0.970. The highest BCUT2D eigenvalue weighted by molar-refractivity contribution is 7.12. The molecule has 3 rings (SSSR count). The van der Waals surface area contributed by atoms with E-state index in [4.69, 9.17) is 0 Å². The number of likely N-dealkylation sites (tertiary alicyclic amines) is 1. The summed E-state index contributed by atoms with van der Waals surface area (Å²) in [7, 11) is 0. The summed E-state index contributed by atoms with van der Waals surface area (Å²) in [5.74, 6) is 0.282. The van der Waals surface area contributed by atoms with Crippen LogP contribution in [0.15, 0.2) is 29.0 Å². The van der Waals surface area contributed by atoms with Crippen LogP contribution >= 0.6 is 22.7 Å². The van der Waals surface area contributed by atoms with Crippen molar-refractivity contribution < 1.29 is 9.59 Å². The number of piperidine rings is 1. The first-order chi connectivity index (χ1) is 11.6. The highest BCUT2D eigenvalue weighted by Gasteiger charge is 2.26. The Morgan fingerprint density at radius 2 is 2.17 bits per heavy atom. The molecule has 3 heterocycles. The van der Waals surface area contributed by atoms with E-state index in [-0.39, 0.29) is 11.7 Å². The summed E-state index contributed by atoms with van der Waals surface area (Å²) in [4.78, 5) is 28.4. The molecular weight excluding hydrogens is 338 g/mol. The first-order valence-electron chi connectivity index (χ1n) is 8.53. The van der Waals surface area contributed by atoms with Crippen LogP contribution in [0.25, 0.3) is 0 Å². The minimum Gasteiger partial charge on any atom is -0.339 e. The third-order valence-corrected chi connectivity index (χ3v) is 6.62. The Bertz CT molecular complexity index is 690. The van der Waals surface area contributed by atoms with Gasteiger partial charge >= 0.3 is 0 Å². The van der Waals surface area contributed by atoms with Gasteiger partial charge < -0.3 is 4.90 Å². The van der Waals surface area contributed by atoms with Gasteiger partial charge in [-0.1, -0.05) is 6.07 Å². The zero-order chi connectivity index (χ0) is 16.9. The van der Waals surface area contributed by atoms with Gasteiger partial charge in [-0.25, -0.2) is 0 Å². The van der Waals surface area contributed by atoms with Gasteiger partial charge in [-0.05, 0) is 67.5 Å². The Morgan fingerprint density at radius 3 is 2.88 bits per heavy atom. The Morgan fingerprint density at radius 1 is 1.29 bits per heavy atom. The van der Waals surface area contributed by atoms with Gasteiger partial charge in [-0.2, -0.15) is 0 Å². The van der Waals surface area contributed by atoms with Crippen LogP contribution in [0.3, 0.4) is 0 Å². The fourth-order valence-electron chi connectivity index (χ4n) is 3.32. The van der Waals surface area contributed by atoms with Crippen LogP contribution < -0.4 is 0 Å². The van der Waals surface area contributed by atoms with Crippen molar-refractivity contribution >= 4 is 34.4 Å². The van der Waals surface area contributed by atoms with Gasteiger partial charge in [0.25, 0.3) is 0 Å². The lowest BCUT2D eigenvalue weighted by atomic mass is 9.97. The molecule has 1 fully saturated rings. The lowest BCUT2D eigenvalue weighted by Gasteiger charge is -2.36. The van der Waals surface area contributed by atoms with Gasteiger partial charge in [0.2, 0.25) is 5.91 Å². The van der Waals surface area contributed by atoms with Gasteiger partial charge in [0.15, 0.2) is 5.78 Å². The molecule has 0 aliphatic carbocycles. The van der Waals surface area contributed by atoms with Crippen molar-refractivity contribution in [3.8, 4) is 0 Å². The highest BCUT2D eigenvalue weighted by atomic mass is 32.1. The maximum absolute atomic E-state index is 12.8. The molecule has 1 atom stereocenters.